The van der Waals surface area contributed by atoms with Crippen molar-refractivity contribution in [1.29, 1.82) is 0 Å². The van der Waals surface area contributed by atoms with Gasteiger partial charge in [0.05, 0.1) is 22.9 Å². The number of hydrogen-bond acceptors (Lipinski definition) is 6. The molecule has 0 aromatic carbocycles. The Hall–Kier alpha value is -0.510. The Morgan fingerprint density at radius 1 is 1.50 bits per heavy atom. The summed E-state index contributed by atoms with van der Waals surface area (Å²) in [4.78, 5) is 0. The monoisotopic (exact) mass is 326 g/mol. The molecule has 0 aliphatic carbocycles. The van der Waals surface area contributed by atoms with E-state index in [2.05, 4.69) is 20.8 Å². The first kappa shape index (κ1) is 13.9. The van der Waals surface area contributed by atoms with Crippen LogP contribution in [0, 0.1) is 6.92 Å². The topological polar surface area (TPSA) is 84.0 Å². The summed E-state index contributed by atoms with van der Waals surface area (Å²) in [5.74, 6) is -0.0229. The first-order valence-electron chi connectivity index (χ1n) is 5.08. The maximum atomic E-state index is 11.4. The minimum absolute atomic E-state index is 0.00185. The number of rotatable bonds is 2. The summed E-state index contributed by atoms with van der Waals surface area (Å²) in [6.07, 6.45) is 0. The Labute approximate surface area is 119 Å². The van der Waals surface area contributed by atoms with Gasteiger partial charge >= 0.3 is 0 Å². The van der Waals surface area contributed by atoms with Crippen molar-refractivity contribution in [3.8, 4) is 0 Å². The van der Waals surface area contributed by atoms with Gasteiger partial charge in [-0.1, -0.05) is 11.3 Å². The molecule has 2 heterocycles. The molecule has 0 bridgehead atoms. The summed E-state index contributed by atoms with van der Waals surface area (Å²) in [5.41, 5.74) is 0. The lowest BCUT2D eigenvalue weighted by Crippen LogP contribution is -2.42. The molecule has 0 spiro atoms. The van der Waals surface area contributed by atoms with Crippen LogP contribution in [0.4, 0.5) is 5.13 Å². The number of aryl methyl sites for hydroxylation is 1. The summed E-state index contributed by atoms with van der Waals surface area (Å²) in [5, 5.41) is 14.7. The number of nitrogens with zero attached hydrogens (tertiary/aromatic N) is 2. The molecule has 1 aromatic heterocycles. The summed E-state index contributed by atoms with van der Waals surface area (Å²) >= 11 is 12.4. The van der Waals surface area contributed by atoms with Gasteiger partial charge in [0.25, 0.3) is 0 Å². The summed E-state index contributed by atoms with van der Waals surface area (Å²) in [7, 11) is -3.07. The predicted molar refractivity (Wildman–Crippen MR) is 76.1 cm³/mol. The first-order chi connectivity index (χ1) is 8.35. The molecule has 10 heteroatoms. The van der Waals surface area contributed by atoms with Crippen molar-refractivity contribution in [1.82, 2.24) is 15.5 Å². The molecule has 0 saturated carbocycles. The average molecular weight is 327 g/mol. The van der Waals surface area contributed by atoms with Crippen molar-refractivity contribution in [2.45, 2.75) is 18.3 Å². The number of halogens is 1. The molecule has 1 aromatic rings. The van der Waals surface area contributed by atoms with Crippen molar-refractivity contribution >= 4 is 55.2 Å². The lowest BCUT2D eigenvalue weighted by Gasteiger charge is -2.16. The van der Waals surface area contributed by atoms with Crippen LogP contribution >= 0.6 is 35.2 Å². The van der Waals surface area contributed by atoms with Crippen LogP contribution in [0.5, 0.6) is 0 Å². The summed E-state index contributed by atoms with van der Waals surface area (Å²) < 4.78 is 22.8. The van der Waals surface area contributed by atoms with E-state index in [1.54, 1.807) is 0 Å². The van der Waals surface area contributed by atoms with Crippen molar-refractivity contribution in [3.63, 3.8) is 0 Å². The molecule has 1 aliphatic heterocycles. The second kappa shape index (κ2) is 5.24. The molecule has 18 heavy (non-hydrogen) atoms. The Morgan fingerprint density at radius 2 is 2.22 bits per heavy atom. The van der Waals surface area contributed by atoms with Gasteiger partial charge in [-0.15, -0.1) is 21.8 Å². The molecule has 0 unspecified atom stereocenters. The van der Waals surface area contributed by atoms with Crippen molar-refractivity contribution in [2.75, 3.05) is 16.8 Å². The zero-order valence-electron chi connectivity index (χ0n) is 9.38. The van der Waals surface area contributed by atoms with Crippen LogP contribution in [0.25, 0.3) is 0 Å². The van der Waals surface area contributed by atoms with Crippen molar-refractivity contribution < 1.29 is 8.42 Å². The minimum Gasteiger partial charge on any atom is -0.357 e. The molecule has 0 amide bonds. The average Bonchev–Trinajstić information content (AvgIpc) is 2.71. The molecule has 2 N–H and O–H groups in total. The maximum absolute atomic E-state index is 11.4. The zero-order valence-corrected chi connectivity index (χ0v) is 12.6. The molecule has 6 nitrogen and oxygen atoms in total. The number of hydrogen-bond donors (Lipinski definition) is 2. The number of alkyl halides is 1. The molecule has 2 atom stereocenters. The largest absolute Gasteiger partial charge is 0.357 e. The van der Waals surface area contributed by atoms with Gasteiger partial charge in [0, 0.05) is 0 Å². The van der Waals surface area contributed by atoms with E-state index >= 15 is 0 Å². The number of thiocarbonyl (C=S) groups is 1. The van der Waals surface area contributed by atoms with E-state index in [4.69, 9.17) is 23.8 Å². The van der Waals surface area contributed by atoms with Gasteiger partial charge in [-0.05, 0) is 19.1 Å². The highest BCUT2D eigenvalue weighted by molar-refractivity contribution is 7.91. The minimum atomic E-state index is -3.07. The van der Waals surface area contributed by atoms with E-state index in [0.717, 1.165) is 5.01 Å². The third-order valence-electron chi connectivity index (χ3n) is 2.35. The van der Waals surface area contributed by atoms with Crippen LogP contribution in [0.2, 0.25) is 0 Å². The fraction of sp³-hybridized carbons (Fsp3) is 0.625. The molecular formula is C8H11ClN4O2S3. The van der Waals surface area contributed by atoms with Crippen LogP contribution in [-0.4, -0.2) is 46.7 Å². The van der Waals surface area contributed by atoms with Gasteiger partial charge in [-0.2, -0.15) is 0 Å². The lowest BCUT2D eigenvalue weighted by atomic mass is 10.3. The van der Waals surface area contributed by atoms with Gasteiger partial charge in [0.2, 0.25) is 5.13 Å². The van der Waals surface area contributed by atoms with Crippen LogP contribution in [0.1, 0.15) is 5.01 Å². The predicted octanol–water partition coefficient (Wildman–Crippen LogP) is 0.537. The van der Waals surface area contributed by atoms with E-state index < -0.39 is 15.2 Å². The van der Waals surface area contributed by atoms with Crippen LogP contribution in [0.15, 0.2) is 0 Å². The summed E-state index contributed by atoms with van der Waals surface area (Å²) in [6.45, 7) is 1.83. The molecule has 1 saturated heterocycles. The second-order valence-electron chi connectivity index (χ2n) is 3.92. The smallest absolute Gasteiger partial charge is 0.211 e. The second-order valence-corrected chi connectivity index (χ2v) is 8.23. The van der Waals surface area contributed by atoms with E-state index in [0.29, 0.717) is 10.2 Å². The van der Waals surface area contributed by atoms with Crippen LogP contribution < -0.4 is 10.6 Å². The molecule has 2 rings (SSSR count). The van der Waals surface area contributed by atoms with E-state index in [9.17, 15) is 8.42 Å². The quantitative estimate of drug-likeness (QED) is 0.606. The van der Waals surface area contributed by atoms with Crippen LogP contribution in [-0.2, 0) is 9.84 Å². The fourth-order valence-electron chi connectivity index (χ4n) is 1.59. The highest BCUT2D eigenvalue weighted by Crippen LogP contribution is 2.18. The Morgan fingerprint density at radius 3 is 2.72 bits per heavy atom. The SMILES string of the molecule is Cc1nnc(NC(=S)N[C@@H]2CS(=O)(=O)C[C@@H]2Cl)s1. The summed E-state index contributed by atoms with van der Waals surface area (Å²) in [6, 6.07) is -0.370. The molecule has 100 valence electrons. The molecule has 1 aliphatic rings. The lowest BCUT2D eigenvalue weighted by molar-refractivity contribution is 0.600. The van der Waals surface area contributed by atoms with Gasteiger partial charge < -0.3 is 10.6 Å². The third-order valence-corrected chi connectivity index (χ3v) is 5.70. The molecule has 1 fully saturated rings. The Bertz CT molecular complexity index is 558. The van der Waals surface area contributed by atoms with Crippen LogP contribution in [0.3, 0.4) is 0 Å². The Kier molecular flexibility index (Phi) is 4.05. The third kappa shape index (κ3) is 3.50. The molecule has 0 radical (unpaired) electrons. The maximum Gasteiger partial charge on any atom is 0.211 e. The fourth-order valence-corrected chi connectivity index (χ4v) is 5.04. The molecular weight excluding hydrogens is 316 g/mol. The normalized spacial score (nSPS) is 25.9. The zero-order chi connectivity index (χ0) is 13.3. The number of anilines is 1. The van der Waals surface area contributed by atoms with Gasteiger partial charge in [-0.25, -0.2) is 8.42 Å². The van der Waals surface area contributed by atoms with E-state index in [1.807, 2.05) is 6.92 Å². The first-order valence-corrected chi connectivity index (χ1v) is 8.56. The number of nitrogens with one attached hydrogen (secondary N) is 2. The van der Waals surface area contributed by atoms with Gasteiger partial charge in [0.1, 0.15) is 5.01 Å². The van der Waals surface area contributed by atoms with Crippen molar-refractivity contribution in [3.05, 3.63) is 5.01 Å². The van der Waals surface area contributed by atoms with E-state index in [-0.39, 0.29) is 17.5 Å². The highest BCUT2D eigenvalue weighted by Gasteiger charge is 2.36. The Balaban J connectivity index is 1.92. The van der Waals surface area contributed by atoms with Crippen molar-refractivity contribution in [2.24, 2.45) is 0 Å². The highest BCUT2D eigenvalue weighted by atomic mass is 35.5. The number of aromatic nitrogens is 2. The van der Waals surface area contributed by atoms with E-state index in [1.165, 1.54) is 11.3 Å². The standard InChI is InChI=1S/C8H11ClN4O2S3/c1-4-12-13-8(17-4)11-7(16)10-6-3-18(14,15)2-5(6)9/h5-6H,2-3H2,1H3,(H2,10,11,13,16)/t5-,6+/m0/s1. The number of sulfone groups is 1. The van der Waals surface area contributed by atoms with Gasteiger partial charge in [0.15, 0.2) is 14.9 Å². The van der Waals surface area contributed by atoms with Gasteiger partial charge in [-0.3, -0.25) is 0 Å².